The molecule has 2 aromatic rings. The van der Waals surface area contributed by atoms with Crippen molar-refractivity contribution in [1.29, 1.82) is 0 Å². The van der Waals surface area contributed by atoms with Gasteiger partial charge in [0.05, 0.1) is 6.61 Å². The molecule has 2 aromatic carbocycles. The zero-order valence-corrected chi connectivity index (χ0v) is 16.9. The highest BCUT2D eigenvalue weighted by Gasteiger charge is 2.08. The van der Waals surface area contributed by atoms with Crippen LogP contribution in [0.25, 0.3) is 0 Å². The molecule has 0 spiro atoms. The lowest BCUT2D eigenvalue weighted by Crippen LogP contribution is -2.16. The van der Waals surface area contributed by atoms with Crippen LogP contribution in [0.2, 0.25) is 5.02 Å². The van der Waals surface area contributed by atoms with Gasteiger partial charge in [0, 0.05) is 30.8 Å². The van der Waals surface area contributed by atoms with E-state index < -0.39 is 0 Å². The second-order valence-electron chi connectivity index (χ2n) is 5.62. The van der Waals surface area contributed by atoms with E-state index in [-0.39, 0.29) is 12.4 Å². The summed E-state index contributed by atoms with van der Waals surface area (Å²) in [7, 11) is 1.72. The second kappa shape index (κ2) is 12.8. The van der Waals surface area contributed by atoms with Gasteiger partial charge >= 0.3 is 0 Å². The molecule has 0 radical (unpaired) electrons. The molecular weight excluding hydrogens is 373 g/mol. The number of hydrogen-bond acceptors (Lipinski definition) is 4. The quantitative estimate of drug-likeness (QED) is 0.547. The number of nitrogens with one attached hydrogen (secondary N) is 1. The van der Waals surface area contributed by atoms with E-state index in [9.17, 15) is 0 Å². The monoisotopic (exact) mass is 399 g/mol. The van der Waals surface area contributed by atoms with Crippen molar-refractivity contribution >= 4 is 24.0 Å². The predicted octanol–water partition coefficient (Wildman–Crippen LogP) is 4.87. The van der Waals surface area contributed by atoms with Gasteiger partial charge in [0.25, 0.3) is 0 Å². The van der Waals surface area contributed by atoms with Gasteiger partial charge in [0.2, 0.25) is 0 Å². The molecule has 0 aromatic heterocycles. The summed E-state index contributed by atoms with van der Waals surface area (Å²) < 4.78 is 16.7. The first-order valence-corrected chi connectivity index (χ1v) is 8.94. The van der Waals surface area contributed by atoms with E-state index in [2.05, 4.69) is 5.32 Å². The minimum atomic E-state index is 0. The van der Waals surface area contributed by atoms with Gasteiger partial charge in [-0.25, -0.2) is 0 Å². The molecule has 6 heteroatoms. The van der Waals surface area contributed by atoms with Crippen LogP contribution in [0.1, 0.15) is 24.5 Å². The molecule has 0 aliphatic rings. The lowest BCUT2D eigenvalue weighted by Gasteiger charge is -2.14. The highest BCUT2D eigenvalue weighted by molar-refractivity contribution is 6.31. The Balaban J connectivity index is 0.00000338. The minimum absolute atomic E-state index is 0. The molecule has 26 heavy (non-hydrogen) atoms. The Hall–Kier alpha value is -1.46. The molecule has 1 N–H and O–H groups in total. The molecule has 0 saturated carbocycles. The highest BCUT2D eigenvalue weighted by Crippen LogP contribution is 2.30. The summed E-state index contributed by atoms with van der Waals surface area (Å²) in [6.07, 6.45) is 0.994. The Morgan fingerprint density at radius 3 is 2.58 bits per heavy atom. The molecule has 0 heterocycles. The van der Waals surface area contributed by atoms with Gasteiger partial charge in [0.1, 0.15) is 6.61 Å². The normalized spacial score (nSPS) is 10.3. The van der Waals surface area contributed by atoms with Crippen molar-refractivity contribution in [3.8, 4) is 11.5 Å². The van der Waals surface area contributed by atoms with Crippen LogP contribution in [0.15, 0.2) is 42.5 Å². The van der Waals surface area contributed by atoms with Gasteiger partial charge in [-0.2, -0.15) is 0 Å². The van der Waals surface area contributed by atoms with E-state index in [1.807, 2.05) is 49.4 Å². The summed E-state index contributed by atoms with van der Waals surface area (Å²) in [6.45, 7) is 5.44. The first kappa shape index (κ1) is 22.6. The van der Waals surface area contributed by atoms with E-state index in [0.29, 0.717) is 18.2 Å². The molecule has 0 aliphatic carbocycles. The van der Waals surface area contributed by atoms with Crippen LogP contribution in [0.3, 0.4) is 0 Å². The Morgan fingerprint density at radius 1 is 1.04 bits per heavy atom. The van der Waals surface area contributed by atoms with Crippen LogP contribution >= 0.6 is 24.0 Å². The Kier molecular flexibility index (Phi) is 11.1. The summed E-state index contributed by atoms with van der Waals surface area (Å²) in [6, 6.07) is 13.7. The molecule has 0 aliphatic heterocycles. The van der Waals surface area contributed by atoms with Gasteiger partial charge in [0.15, 0.2) is 11.5 Å². The smallest absolute Gasteiger partial charge is 0.161 e. The fourth-order valence-corrected chi connectivity index (χ4v) is 2.59. The fourth-order valence-electron chi connectivity index (χ4n) is 2.40. The Bertz CT molecular complexity index is 653. The topological polar surface area (TPSA) is 39.7 Å². The van der Waals surface area contributed by atoms with Crippen molar-refractivity contribution in [2.75, 3.05) is 26.9 Å². The lowest BCUT2D eigenvalue weighted by atomic mass is 10.2. The zero-order valence-electron chi connectivity index (χ0n) is 15.3. The van der Waals surface area contributed by atoms with Gasteiger partial charge in [-0.3, -0.25) is 0 Å². The highest BCUT2D eigenvalue weighted by atomic mass is 35.5. The Morgan fingerprint density at radius 2 is 1.85 bits per heavy atom. The summed E-state index contributed by atoms with van der Waals surface area (Å²) in [4.78, 5) is 0. The molecule has 0 atom stereocenters. The van der Waals surface area contributed by atoms with Crippen LogP contribution < -0.4 is 14.8 Å². The van der Waals surface area contributed by atoms with Crippen LogP contribution in [0, 0.1) is 0 Å². The average Bonchev–Trinajstić information content (AvgIpc) is 2.62. The number of hydrogen-bond donors (Lipinski definition) is 1. The predicted molar refractivity (Wildman–Crippen MR) is 109 cm³/mol. The molecule has 0 bridgehead atoms. The third-order valence-corrected chi connectivity index (χ3v) is 4.05. The SMILES string of the molecule is CCOc1cc(CNCCCOC)ccc1OCc1ccccc1Cl.Cl. The van der Waals surface area contributed by atoms with Crippen molar-refractivity contribution in [3.05, 3.63) is 58.6 Å². The summed E-state index contributed by atoms with van der Waals surface area (Å²) in [5, 5.41) is 4.10. The van der Waals surface area contributed by atoms with Crippen LogP contribution in [0.4, 0.5) is 0 Å². The van der Waals surface area contributed by atoms with E-state index in [1.165, 1.54) is 0 Å². The third-order valence-electron chi connectivity index (χ3n) is 3.68. The van der Waals surface area contributed by atoms with Crippen molar-refractivity contribution in [3.63, 3.8) is 0 Å². The lowest BCUT2D eigenvalue weighted by molar-refractivity contribution is 0.194. The second-order valence-corrected chi connectivity index (χ2v) is 6.02. The third kappa shape index (κ3) is 7.42. The number of methoxy groups -OCH3 is 1. The van der Waals surface area contributed by atoms with E-state index >= 15 is 0 Å². The molecule has 2 rings (SSSR count). The summed E-state index contributed by atoms with van der Waals surface area (Å²) in [5.41, 5.74) is 2.11. The maximum Gasteiger partial charge on any atom is 0.161 e. The zero-order chi connectivity index (χ0) is 17.9. The van der Waals surface area contributed by atoms with E-state index in [4.69, 9.17) is 25.8 Å². The van der Waals surface area contributed by atoms with E-state index in [1.54, 1.807) is 7.11 Å². The molecule has 4 nitrogen and oxygen atoms in total. The van der Waals surface area contributed by atoms with E-state index in [0.717, 1.165) is 48.7 Å². The number of benzene rings is 2. The fraction of sp³-hybridized carbons (Fsp3) is 0.400. The van der Waals surface area contributed by atoms with Crippen LogP contribution in [-0.2, 0) is 17.9 Å². The van der Waals surface area contributed by atoms with Gasteiger partial charge in [-0.15, -0.1) is 12.4 Å². The van der Waals surface area contributed by atoms with Gasteiger partial charge in [-0.1, -0.05) is 35.9 Å². The van der Waals surface area contributed by atoms with Crippen molar-refractivity contribution < 1.29 is 14.2 Å². The first-order chi connectivity index (χ1) is 12.2. The van der Waals surface area contributed by atoms with Crippen LogP contribution in [-0.4, -0.2) is 26.9 Å². The largest absolute Gasteiger partial charge is 0.490 e. The molecule has 0 saturated heterocycles. The maximum absolute atomic E-state index is 6.18. The number of rotatable bonds is 11. The average molecular weight is 400 g/mol. The van der Waals surface area contributed by atoms with Crippen molar-refractivity contribution in [2.45, 2.75) is 26.5 Å². The standard InChI is InChI=1S/C20H26ClNO3.ClH/c1-3-24-20-13-16(14-22-11-6-12-23-2)9-10-19(20)25-15-17-7-4-5-8-18(17)21;/h4-5,7-10,13,22H,3,6,11-12,14-15H2,1-2H3;1H. The molecular formula is C20H27Cl2NO3. The Labute approximate surface area is 167 Å². The van der Waals surface area contributed by atoms with Gasteiger partial charge < -0.3 is 19.5 Å². The minimum Gasteiger partial charge on any atom is -0.490 e. The maximum atomic E-state index is 6.18. The molecule has 144 valence electrons. The molecule has 0 unspecified atom stereocenters. The first-order valence-electron chi connectivity index (χ1n) is 8.56. The molecule has 0 amide bonds. The van der Waals surface area contributed by atoms with Crippen molar-refractivity contribution in [1.82, 2.24) is 5.32 Å². The number of ether oxygens (including phenoxy) is 3. The number of halogens is 2. The van der Waals surface area contributed by atoms with Gasteiger partial charge in [-0.05, 0) is 43.7 Å². The van der Waals surface area contributed by atoms with Crippen molar-refractivity contribution in [2.24, 2.45) is 0 Å². The summed E-state index contributed by atoms with van der Waals surface area (Å²) in [5.74, 6) is 1.48. The van der Waals surface area contributed by atoms with Crippen LogP contribution in [0.5, 0.6) is 11.5 Å². The molecule has 0 fully saturated rings. The summed E-state index contributed by atoms with van der Waals surface area (Å²) >= 11 is 6.18.